The van der Waals surface area contributed by atoms with Gasteiger partial charge >= 0.3 is 0 Å². The minimum Gasteiger partial charge on any atom is -0.305 e. The van der Waals surface area contributed by atoms with Gasteiger partial charge in [0.15, 0.2) is 0 Å². The standard InChI is InChI=1S/C12H8BrCl2N3O/c1-6-7(13)2-5-10(16-6)18-12(19)11-8(14)3-4-9(15)17-11/h2-5H,1H3,(H,16,18,19). The molecule has 2 rings (SSSR count). The van der Waals surface area contributed by atoms with Gasteiger partial charge in [-0.1, -0.05) is 23.2 Å². The molecule has 0 saturated carbocycles. The van der Waals surface area contributed by atoms with Gasteiger partial charge in [-0.15, -0.1) is 0 Å². The first-order valence-corrected chi connectivity index (χ1v) is 6.79. The number of nitrogens with zero attached hydrogens (tertiary/aromatic N) is 2. The first-order valence-electron chi connectivity index (χ1n) is 5.24. The summed E-state index contributed by atoms with van der Waals surface area (Å²) in [5.41, 5.74) is 0.833. The molecule has 0 saturated heterocycles. The predicted molar refractivity (Wildman–Crippen MR) is 78.9 cm³/mol. The highest BCUT2D eigenvalue weighted by molar-refractivity contribution is 9.10. The number of hydrogen-bond donors (Lipinski definition) is 1. The lowest BCUT2D eigenvalue weighted by molar-refractivity contribution is 0.102. The molecule has 0 radical (unpaired) electrons. The van der Waals surface area contributed by atoms with Gasteiger partial charge in [-0.2, -0.15) is 0 Å². The Morgan fingerprint density at radius 2 is 1.95 bits per heavy atom. The largest absolute Gasteiger partial charge is 0.305 e. The number of halogens is 3. The fourth-order valence-electron chi connectivity index (χ4n) is 1.37. The van der Waals surface area contributed by atoms with Gasteiger partial charge in [-0.25, -0.2) is 9.97 Å². The van der Waals surface area contributed by atoms with Gasteiger partial charge in [0.2, 0.25) is 0 Å². The summed E-state index contributed by atoms with van der Waals surface area (Å²) in [4.78, 5) is 20.1. The van der Waals surface area contributed by atoms with E-state index in [9.17, 15) is 4.79 Å². The van der Waals surface area contributed by atoms with Crippen molar-refractivity contribution >= 4 is 50.9 Å². The van der Waals surface area contributed by atoms with Gasteiger partial charge < -0.3 is 5.32 Å². The van der Waals surface area contributed by atoms with Crippen LogP contribution in [0.25, 0.3) is 0 Å². The molecule has 0 bridgehead atoms. The zero-order valence-electron chi connectivity index (χ0n) is 9.75. The molecular weight excluding hydrogens is 353 g/mol. The molecular formula is C12H8BrCl2N3O. The molecule has 7 heteroatoms. The third kappa shape index (κ3) is 3.43. The van der Waals surface area contributed by atoms with Gasteiger partial charge in [-0.3, -0.25) is 4.79 Å². The summed E-state index contributed by atoms with van der Waals surface area (Å²) in [6.07, 6.45) is 0. The molecule has 0 aliphatic rings. The van der Waals surface area contributed by atoms with E-state index in [1.165, 1.54) is 12.1 Å². The zero-order valence-corrected chi connectivity index (χ0v) is 12.8. The van der Waals surface area contributed by atoms with Crippen molar-refractivity contribution in [1.82, 2.24) is 9.97 Å². The molecule has 0 spiro atoms. The van der Waals surface area contributed by atoms with Crippen LogP contribution >= 0.6 is 39.1 Å². The Hall–Kier alpha value is -1.17. The average Bonchev–Trinajstić information content (AvgIpc) is 2.36. The van der Waals surface area contributed by atoms with Crippen molar-refractivity contribution in [3.63, 3.8) is 0 Å². The lowest BCUT2D eigenvalue weighted by atomic mass is 10.3. The molecule has 0 fully saturated rings. The highest BCUT2D eigenvalue weighted by atomic mass is 79.9. The van der Waals surface area contributed by atoms with E-state index in [0.29, 0.717) is 5.82 Å². The molecule has 98 valence electrons. The second-order valence-corrected chi connectivity index (χ2v) is 5.33. The fourth-order valence-corrected chi connectivity index (χ4v) is 1.93. The van der Waals surface area contributed by atoms with Crippen LogP contribution in [0.2, 0.25) is 10.2 Å². The maximum Gasteiger partial charge on any atom is 0.277 e. The topological polar surface area (TPSA) is 54.9 Å². The monoisotopic (exact) mass is 359 g/mol. The molecule has 0 unspecified atom stereocenters. The average molecular weight is 361 g/mol. The highest BCUT2D eigenvalue weighted by Gasteiger charge is 2.14. The van der Waals surface area contributed by atoms with Crippen LogP contribution in [0.1, 0.15) is 16.2 Å². The minimum atomic E-state index is -0.457. The normalized spacial score (nSPS) is 10.3. The third-order valence-electron chi connectivity index (χ3n) is 2.29. The first-order chi connectivity index (χ1) is 8.97. The maximum atomic E-state index is 12.0. The van der Waals surface area contributed by atoms with Crippen molar-refractivity contribution in [2.75, 3.05) is 5.32 Å². The maximum absolute atomic E-state index is 12.0. The quantitative estimate of drug-likeness (QED) is 0.820. The van der Waals surface area contributed by atoms with Crippen LogP contribution in [0.15, 0.2) is 28.7 Å². The summed E-state index contributed by atoms with van der Waals surface area (Å²) >= 11 is 15.0. The number of carbonyl (C=O) groups excluding carboxylic acids is 1. The summed E-state index contributed by atoms with van der Waals surface area (Å²) in [7, 11) is 0. The van der Waals surface area contributed by atoms with E-state index in [1.807, 2.05) is 6.92 Å². The minimum absolute atomic E-state index is 0.0662. The Bertz CT molecular complexity index is 649. The summed E-state index contributed by atoms with van der Waals surface area (Å²) < 4.78 is 0.865. The van der Waals surface area contributed by atoms with E-state index < -0.39 is 5.91 Å². The number of rotatable bonds is 2. The van der Waals surface area contributed by atoms with Crippen LogP contribution in [0.5, 0.6) is 0 Å². The molecule has 2 aromatic heterocycles. The van der Waals surface area contributed by atoms with Gasteiger partial charge in [0.05, 0.1) is 10.7 Å². The molecule has 1 N–H and O–H groups in total. The van der Waals surface area contributed by atoms with E-state index >= 15 is 0 Å². The molecule has 0 atom stereocenters. The molecule has 0 aliphatic heterocycles. The van der Waals surface area contributed by atoms with E-state index in [1.54, 1.807) is 12.1 Å². The van der Waals surface area contributed by atoms with E-state index in [0.717, 1.165) is 10.2 Å². The number of hydrogen-bond acceptors (Lipinski definition) is 3. The van der Waals surface area contributed by atoms with Crippen LogP contribution in [0.4, 0.5) is 5.82 Å². The summed E-state index contributed by atoms with van der Waals surface area (Å²) in [5, 5.41) is 3.05. The Morgan fingerprint density at radius 3 is 2.63 bits per heavy atom. The molecule has 0 aliphatic carbocycles. The lowest BCUT2D eigenvalue weighted by Gasteiger charge is -2.07. The number of aromatic nitrogens is 2. The second kappa shape index (κ2) is 5.86. The van der Waals surface area contributed by atoms with Gasteiger partial charge in [-0.05, 0) is 47.1 Å². The fraction of sp³-hybridized carbons (Fsp3) is 0.0833. The Labute approximate surface area is 128 Å². The first kappa shape index (κ1) is 14.2. The lowest BCUT2D eigenvalue weighted by Crippen LogP contribution is -2.15. The zero-order chi connectivity index (χ0) is 14.0. The van der Waals surface area contributed by atoms with E-state index in [2.05, 4.69) is 31.2 Å². The van der Waals surface area contributed by atoms with Crippen LogP contribution in [-0.2, 0) is 0 Å². The van der Waals surface area contributed by atoms with Crippen LogP contribution in [-0.4, -0.2) is 15.9 Å². The van der Waals surface area contributed by atoms with Crippen LogP contribution in [0, 0.1) is 6.92 Å². The molecule has 0 aromatic carbocycles. The van der Waals surface area contributed by atoms with Crippen molar-refractivity contribution in [2.24, 2.45) is 0 Å². The van der Waals surface area contributed by atoms with Gasteiger partial charge in [0, 0.05) is 4.47 Å². The van der Waals surface area contributed by atoms with Crippen molar-refractivity contribution in [3.8, 4) is 0 Å². The SMILES string of the molecule is Cc1nc(NC(=O)c2nc(Cl)ccc2Cl)ccc1Br. The number of amides is 1. The molecule has 2 heterocycles. The summed E-state index contributed by atoms with van der Waals surface area (Å²) in [6.45, 7) is 1.82. The van der Waals surface area contributed by atoms with Crippen LogP contribution < -0.4 is 5.32 Å². The van der Waals surface area contributed by atoms with Crippen molar-refractivity contribution in [3.05, 3.63) is 50.3 Å². The highest BCUT2D eigenvalue weighted by Crippen LogP contribution is 2.19. The van der Waals surface area contributed by atoms with Gasteiger partial charge in [0.1, 0.15) is 16.7 Å². The molecule has 4 nitrogen and oxygen atoms in total. The molecule has 1 amide bonds. The number of nitrogens with one attached hydrogen (secondary N) is 1. The Balaban J connectivity index is 2.25. The number of carbonyl (C=O) groups is 1. The molecule has 19 heavy (non-hydrogen) atoms. The number of anilines is 1. The number of aryl methyl sites for hydroxylation is 1. The third-order valence-corrected chi connectivity index (χ3v) is 3.64. The smallest absolute Gasteiger partial charge is 0.277 e. The van der Waals surface area contributed by atoms with Gasteiger partial charge in [0.25, 0.3) is 5.91 Å². The van der Waals surface area contributed by atoms with E-state index in [4.69, 9.17) is 23.2 Å². The summed E-state index contributed by atoms with van der Waals surface area (Å²) in [6, 6.07) is 6.51. The Morgan fingerprint density at radius 1 is 1.21 bits per heavy atom. The van der Waals surface area contributed by atoms with Crippen molar-refractivity contribution in [1.29, 1.82) is 0 Å². The van der Waals surface area contributed by atoms with E-state index in [-0.39, 0.29) is 15.9 Å². The van der Waals surface area contributed by atoms with Crippen molar-refractivity contribution in [2.45, 2.75) is 6.92 Å². The summed E-state index contributed by atoms with van der Waals surface area (Å²) in [5.74, 6) is -0.0368. The Kier molecular flexibility index (Phi) is 4.39. The van der Waals surface area contributed by atoms with Crippen molar-refractivity contribution < 1.29 is 4.79 Å². The predicted octanol–water partition coefficient (Wildman–Crippen LogP) is 4.11. The number of pyridine rings is 2. The van der Waals surface area contributed by atoms with Crippen LogP contribution in [0.3, 0.4) is 0 Å². The molecule has 2 aromatic rings. The second-order valence-electron chi connectivity index (χ2n) is 3.68.